The van der Waals surface area contributed by atoms with Crippen LogP contribution in [0.4, 0.5) is 16.3 Å². The Morgan fingerprint density at radius 2 is 2.00 bits per heavy atom. The van der Waals surface area contributed by atoms with E-state index >= 15 is 0 Å². The summed E-state index contributed by atoms with van der Waals surface area (Å²) in [4.78, 5) is 20.9. The van der Waals surface area contributed by atoms with Crippen molar-refractivity contribution in [2.75, 3.05) is 43.2 Å². The van der Waals surface area contributed by atoms with Crippen LogP contribution in [-0.2, 0) is 4.74 Å². The summed E-state index contributed by atoms with van der Waals surface area (Å²) >= 11 is 0. The van der Waals surface area contributed by atoms with Crippen LogP contribution in [0.5, 0.6) is 0 Å². The largest absolute Gasteiger partial charge is 0.382 e. The van der Waals surface area contributed by atoms with Crippen molar-refractivity contribution in [1.29, 1.82) is 0 Å². The molecule has 3 rings (SSSR count). The Hall–Kier alpha value is -2.35. The first kappa shape index (κ1) is 15.5. The van der Waals surface area contributed by atoms with Crippen LogP contribution in [0.2, 0.25) is 0 Å². The van der Waals surface area contributed by atoms with Gasteiger partial charge in [-0.05, 0) is 13.0 Å². The van der Waals surface area contributed by atoms with E-state index < -0.39 is 5.95 Å². The Bertz CT molecular complexity index is 656. The van der Waals surface area contributed by atoms with Gasteiger partial charge in [0.15, 0.2) is 0 Å². The number of anilines is 2. The Balaban J connectivity index is 1.79. The minimum Gasteiger partial charge on any atom is -0.382 e. The second-order valence-corrected chi connectivity index (χ2v) is 5.44. The molecule has 2 aromatic rings. The number of nitrogens with zero attached hydrogens (tertiary/aromatic N) is 6. The summed E-state index contributed by atoms with van der Waals surface area (Å²) in [5, 5.41) is 0. The molecular weight excluding hydrogens is 299 g/mol. The lowest BCUT2D eigenvalue weighted by molar-refractivity contribution is 0.173. The Kier molecular flexibility index (Phi) is 4.61. The van der Waals surface area contributed by atoms with Crippen LogP contribution in [0.15, 0.2) is 24.7 Å². The van der Waals surface area contributed by atoms with Crippen molar-refractivity contribution < 1.29 is 9.13 Å². The highest BCUT2D eigenvalue weighted by Gasteiger charge is 2.30. The number of aromatic nitrogens is 4. The molecule has 0 radical (unpaired) electrons. The first-order valence-electron chi connectivity index (χ1n) is 7.45. The standard InChI is InChI=1S/C15H19FN6O/c1-11-8-19-15(20-13(11)16)21-6-7-22(12(9-21)10-23-2)14-17-4-3-5-18-14/h3-5,8,12H,6-7,9-10H2,1-2H3/t12-/m1/s1. The quantitative estimate of drug-likeness (QED) is 0.781. The second kappa shape index (κ2) is 6.82. The number of piperazine rings is 1. The van der Waals surface area contributed by atoms with Crippen LogP contribution in [0, 0.1) is 12.9 Å². The number of aryl methyl sites for hydroxylation is 1. The van der Waals surface area contributed by atoms with Gasteiger partial charge >= 0.3 is 0 Å². The fraction of sp³-hybridized carbons (Fsp3) is 0.467. The average Bonchev–Trinajstić information content (AvgIpc) is 2.58. The van der Waals surface area contributed by atoms with E-state index in [1.54, 1.807) is 32.5 Å². The van der Waals surface area contributed by atoms with Crippen LogP contribution in [0.25, 0.3) is 0 Å². The molecule has 8 heteroatoms. The van der Waals surface area contributed by atoms with E-state index in [0.29, 0.717) is 43.7 Å². The first-order chi connectivity index (χ1) is 11.2. The van der Waals surface area contributed by atoms with Gasteiger partial charge < -0.3 is 14.5 Å². The van der Waals surface area contributed by atoms with Gasteiger partial charge in [-0.2, -0.15) is 9.37 Å². The smallest absolute Gasteiger partial charge is 0.228 e. The Labute approximate surface area is 134 Å². The van der Waals surface area contributed by atoms with Gasteiger partial charge in [0.1, 0.15) is 0 Å². The summed E-state index contributed by atoms with van der Waals surface area (Å²) in [7, 11) is 1.66. The first-order valence-corrected chi connectivity index (χ1v) is 7.45. The SMILES string of the molecule is COC[C@H]1CN(c2ncc(C)c(F)n2)CCN1c1ncccn1. The molecule has 1 saturated heterocycles. The van der Waals surface area contributed by atoms with Crippen LogP contribution in [0.1, 0.15) is 5.56 Å². The minimum absolute atomic E-state index is 0.0455. The Morgan fingerprint density at radius 3 is 2.70 bits per heavy atom. The zero-order valence-electron chi connectivity index (χ0n) is 13.2. The molecule has 0 saturated carbocycles. The molecule has 1 aliphatic rings. The number of hydrogen-bond acceptors (Lipinski definition) is 7. The molecule has 0 aliphatic carbocycles. The molecule has 0 spiro atoms. The molecule has 0 N–H and O–H groups in total. The normalized spacial score (nSPS) is 18.3. The average molecular weight is 318 g/mol. The monoisotopic (exact) mass is 318 g/mol. The zero-order chi connectivity index (χ0) is 16.2. The zero-order valence-corrected chi connectivity index (χ0v) is 13.2. The Morgan fingerprint density at radius 1 is 1.22 bits per heavy atom. The number of ether oxygens (including phenoxy) is 1. The molecule has 0 bridgehead atoms. The molecule has 0 aromatic carbocycles. The minimum atomic E-state index is -0.480. The molecule has 3 heterocycles. The van der Waals surface area contributed by atoms with E-state index in [0.717, 1.165) is 0 Å². The van der Waals surface area contributed by atoms with E-state index in [2.05, 4.69) is 24.8 Å². The summed E-state index contributed by atoms with van der Waals surface area (Å²) in [6.45, 7) is 4.15. The van der Waals surface area contributed by atoms with Crippen molar-refractivity contribution >= 4 is 11.9 Å². The van der Waals surface area contributed by atoms with Gasteiger partial charge in [-0.1, -0.05) is 0 Å². The summed E-state index contributed by atoms with van der Waals surface area (Å²) in [5.41, 5.74) is 0.443. The van der Waals surface area contributed by atoms with Crippen LogP contribution < -0.4 is 9.80 Å². The molecule has 122 valence electrons. The van der Waals surface area contributed by atoms with Crippen molar-refractivity contribution in [3.63, 3.8) is 0 Å². The van der Waals surface area contributed by atoms with E-state index in [1.165, 1.54) is 6.20 Å². The molecule has 0 unspecified atom stereocenters. The maximum Gasteiger partial charge on any atom is 0.228 e. The molecule has 1 aliphatic heterocycles. The van der Waals surface area contributed by atoms with Gasteiger partial charge in [0, 0.05) is 50.9 Å². The predicted molar refractivity (Wildman–Crippen MR) is 84.0 cm³/mol. The summed E-state index contributed by atoms with van der Waals surface area (Å²) < 4.78 is 19.0. The van der Waals surface area contributed by atoms with E-state index in [4.69, 9.17) is 4.74 Å². The summed E-state index contributed by atoms with van der Waals surface area (Å²) in [6.07, 6.45) is 4.95. The van der Waals surface area contributed by atoms with Gasteiger partial charge in [0.25, 0.3) is 0 Å². The topological polar surface area (TPSA) is 67.3 Å². The van der Waals surface area contributed by atoms with Crippen molar-refractivity contribution in [3.8, 4) is 0 Å². The lowest BCUT2D eigenvalue weighted by Gasteiger charge is -2.41. The highest BCUT2D eigenvalue weighted by molar-refractivity contribution is 5.39. The molecule has 1 fully saturated rings. The number of halogens is 1. The lowest BCUT2D eigenvalue weighted by Crippen LogP contribution is -2.56. The number of methoxy groups -OCH3 is 1. The van der Waals surface area contributed by atoms with Crippen LogP contribution in [-0.4, -0.2) is 59.3 Å². The van der Waals surface area contributed by atoms with Crippen molar-refractivity contribution in [1.82, 2.24) is 19.9 Å². The van der Waals surface area contributed by atoms with E-state index in [-0.39, 0.29) is 6.04 Å². The second-order valence-electron chi connectivity index (χ2n) is 5.44. The van der Waals surface area contributed by atoms with E-state index in [1.807, 2.05) is 4.90 Å². The van der Waals surface area contributed by atoms with Gasteiger partial charge in [-0.25, -0.2) is 15.0 Å². The third kappa shape index (κ3) is 3.37. The van der Waals surface area contributed by atoms with Gasteiger partial charge in [-0.3, -0.25) is 0 Å². The molecule has 0 amide bonds. The highest BCUT2D eigenvalue weighted by Crippen LogP contribution is 2.20. The van der Waals surface area contributed by atoms with Crippen LogP contribution in [0.3, 0.4) is 0 Å². The fourth-order valence-electron chi connectivity index (χ4n) is 2.64. The fourth-order valence-corrected chi connectivity index (χ4v) is 2.64. The van der Waals surface area contributed by atoms with Crippen LogP contribution >= 0.6 is 0 Å². The van der Waals surface area contributed by atoms with Gasteiger partial charge in [-0.15, -0.1) is 0 Å². The summed E-state index contributed by atoms with van der Waals surface area (Å²) in [5.74, 6) is 0.597. The number of rotatable bonds is 4. The summed E-state index contributed by atoms with van der Waals surface area (Å²) in [6, 6.07) is 1.83. The molecule has 2 aromatic heterocycles. The lowest BCUT2D eigenvalue weighted by atomic mass is 10.2. The van der Waals surface area contributed by atoms with Gasteiger partial charge in [0.05, 0.1) is 12.6 Å². The molecule has 23 heavy (non-hydrogen) atoms. The van der Waals surface area contributed by atoms with E-state index in [9.17, 15) is 4.39 Å². The van der Waals surface area contributed by atoms with Crippen molar-refractivity contribution in [2.45, 2.75) is 13.0 Å². The molecule has 1 atom stereocenters. The predicted octanol–water partition coefficient (Wildman–Crippen LogP) is 1.06. The molecular formula is C15H19FN6O. The third-order valence-electron chi connectivity index (χ3n) is 3.83. The van der Waals surface area contributed by atoms with Crippen molar-refractivity contribution in [3.05, 3.63) is 36.2 Å². The van der Waals surface area contributed by atoms with Crippen molar-refractivity contribution in [2.24, 2.45) is 0 Å². The maximum absolute atomic E-state index is 13.7. The maximum atomic E-state index is 13.7. The van der Waals surface area contributed by atoms with Gasteiger partial charge in [0.2, 0.25) is 17.8 Å². The third-order valence-corrected chi connectivity index (χ3v) is 3.83. The highest BCUT2D eigenvalue weighted by atomic mass is 19.1. The molecule has 7 nitrogen and oxygen atoms in total. The number of hydrogen-bond donors (Lipinski definition) is 0.